The Labute approximate surface area is 107 Å². The summed E-state index contributed by atoms with van der Waals surface area (Å²) >= 11 is 1.46. The Morgan fingerprint density at radius 3 is 2.94 bits per heavy atom. The van der Waals surface area contributed by atoms with Crippen molar-refractivity contribution in [2.75, 3.05) is 0 Å². The molecule has 0 spiro atoms. The van der Waals surface area contributed by atoms with Gasteiger partial charge in [-0.05, 0) is 30.7 Å². The molecular weight excluding hydrogens is 251 g/mol. The highest BCUT2D eigenvalue weighted by Crippen LogP contribution is 2.23. The summed E-state index contributed by atoms with van der Waals surface area (Å²) in [6.07, 6.45) is 1.83. The summed E-state index contributed by atoms with van der Waals surface area (Å²) in [5.74, 6) is -0.205. The van der Waals surface area contributed by atoms with E-state index in [1.165, 1.54) is 17.4 Å². The number of nitrogens with two attached hydrogens (primary N) is 1. The lowest BCUT2D eigenvalue weighted by atomic mass is 10.1. The number of nitrogens with zero attached hydrogens (tertiary/aromatic N) is 3. The molecule has 0 fully saturated rings. The van der Waals surface area contributed by atoms with Crippen molar-refractivity contribution in [3.05, 3.63) is 40.8 Å². The normalized spacial score (nSPS) is 11.3. The summed E-state index contributed by atoms with van der Waals surface area (Å²) in [5.41, 5.74) is 7.82. The van der Waals surface area contributed by atoms with Crippen LogP contribution in [-0.4, -0.2) is 14.6 Å². The Kier molecular flexibility index (Phi) is 2.61. The molecule has 0 aliphatic heterocycles. The Morgan fingerprint density at radius 2 is 2.28 bits per heavy atom. The molecule has 3 aromatic rings. The number of fused-ring (bicyclic) bond motifs is 1. The maximum atomic E-state index is 13.2. The molecule has 0 saturated heterocycles. The first-order valence-corrected chi connectivity index (χ1v) is 6.30. The third-order valence-electron chi connectivity index (χ3n) is 2.71. The average molecular weight is 262 g/mol. The van der Waals surface area contributed by atoms with E-state index >= 15 is 0 Å². The minimum Gasteiger partial charge on any atom is -0.324 e. The standard InChI is InChI=1S/C12H11FN4S/c1-7-4-8(2-3-9(7)13)10-6-17-12(15-10)18-11(5-14)16-17/h2-4,6H,5,14H2,1H3. The molecule has 92 valence electrons. The Bertz CT molecular complexity index is 685. The van der Waals surface area contributed by atoms with E-state index in [4.69, 9.17) is 5.73 Å². The summed E-state index contributed by atoms with van der Waals surface area (Å²) in [6, 6.07) is 4.96. The first-order chi connectivity index (χ1) is 8.67. The molecule has 18 heavy (non-hydrogen) atoms. The maximum absolute atomic E-state index is 13.2. The molecule has 6 heteroatoms. The molecule has 0 atom stereocenters. The second-order valence-electron chi connectivity index (χ2n) is 4.02. The average Bonchev–Trinajstić information content (AvgIpc) is 2.90. The Balaban J connectivity index is 2.07. The minimum atomic E-state index is -0.205. The number of rotatable bonds is 2. The molecule has 0 saturated carbocycles. The molecule has 0 aliphatic rings. The molecule has 1 aromatic carbocycles. The molecule has 0 unspecified atom stereocenters. The van der Waals surface area contributed by atoms with Crippen LogP contribution in [0.15, 0.2) is 24.4 Å². The number of benzene rings is 1. The number of aromatic nitrogens is 3. The molecular formula is C12H11FN4S. The van der Waals surface area contributed by atoms with Crippen molar-refractivity contribution in [2.45, 2.75) is 13.5 Å². The number of aryl methyl sites for hydroxylation is 1. The third-order valence-corrected chi connectivity index (χ3v) is 3.66. The molecule has 2 heterocycles. The van der Waals surface area contributed by atoms with Crippen molar-refractivity contribution >= 4 is 16.3 Å². The van der Waals surface area contributed by atoms with Gasteiger partial charge in [-0.1, -0.05) is 11.3 Å². The molecule has 2 N–H and O–H groups in total. The van der Waals surface area contributed by atoms with E-state index < -0.39 is 0 Å². The summed E-state index contributed by atoms with van der Waals surface area (Å²) in [6.45, 7) is 2.15. The summed E-state index contributed by atoms with van der Waals surface area (Å²) in [4.78, 5) is 5.26. The smallest absolute Gasteiger partial charge is 0.212 e. The number of hydrogen-bond acceptors (Lipinski definition) is 4. The zero-order valence-corrected chi connectivity index (χ0v) is 10.5. The van der Waals surface area contributed by atoms with Gasteiger partial charge in [-0.25, -0.2) is 13.9 Å². The van der Waals surface area contributed by atoms with Crippen molar-refractivity contribution in [2.24, 2.45) is 5.73 Å². The third kappa shape index (κ3) is 1.79. The van der Waals surface area contributed by atoms with E-state index in [1.807, 2.05) is 6.20 Å². The SMILES string of the molecule is Cc1cc(-c2cn3nc(CN)sc3n2)ccc1F. The van der Waals surface area contributed by atoms with Crippen LogP contribution < -0.4 is 5.73 Å². The van der Waals surface area contributed by atoms with Gasteiger partial charge in [0.25, 0.3) is 0 Å². The van der Waals surface area contributed by atoms with Gasteiger partial charge < -0.3 is 5.73 Å². The lowest BCUT2D eigenvalue weighted by molar-refractivity contribution is 0.619. The molecule has 0 aliphatic carbocycles. The fourth-order valence-corrected chi connectivity index (χ4v) is 2.52. The molecule has 3 rings (SSSR count). The minimum absolute atomic E-state index is 0.205. The van der Waals surface area contributed by atoms with Crippen molar-refractivity contribution in [3.63, 3.8) is 0 Å². The van der Waals surface area contributed by atoms with Crippen molar-refractivity contribution in [1.82, 2.24) is 14.6 Å². The van der Waals surface area contributed by atoms with Crippen LogP contribution >= 0.6 is 11.3 Å². The van der Waals surface area contributed by atoms with E-state index in [0.29, 0.717) is 12.1 Å². The lowest BCUT2D eigenvalue weighted by Crippen LogP contribution is -1.95. The zero-order valence-electron chi connectivity index (χ0n) is 9.72. The van der Waals surface area contributed by atoms with Gasteiger partial charge >= 0.3 is 0 Å². The van der Waals surface area contributed by atoms with Gasteiger partial charge in [0, 0.05) is 12.1 Å². The van der Waals surface area contributed by atoms with E-state index in [-0.39, 0.29) is 5.82 Å². The summed E-state index contributed by atoms with van der Waals surface area (Å²) < 4.78 is 14.9. The van der Waals surface area contributed by atoms with Crippen molar-refractivity contribution in [1.29, 1.82) is 0 Å². The lowest BCUT2D eigenvalue weighted by Gasteiger charge is -1.99. The predicted octanol–water partition coefficient (Wildman–Crippen LogP) is 2.36. The van der Waals surface area contributed by atoms with Gasteiger partial charge in [-0.3, -0.25) is 0 Å². The molecule has 0 amide bonds. The van der Waals surface area contributed by atoms with Crippen LogP contribution in [0.2, 0.25) is 0 Å². The Hall–Kier alpha value is -1.79. The van der Waals surface area contributed by atoms with Crippen LogP contribution in [-0.2, 0) is 6.54 Å². The summed E-state index contributed by atoms with van der Waals surface area (Å²) in [7, 11) is 0. The molecule has 0 radical (unpaired) electrons. The monoisotopic (exact) mass is 262 g/mol. The van der Waals surface area contributed by atoms with Gasteiger partial charge in [-0.15, -0.1) is 0 Å². The van der Waals surface area contributed by atoms with Gasteiger partial charge in [0.05, 0.1) is 11.9 Å². The van der Waals surface area contributed by atoms with E-state index in [2.05, 4.69) is 10.1 Å². The van der Waals surface area contributed by atoms with Gasteiger partial charge in [-0.2, -0.15) is 5.10 Å². The predicted molar refractivity (Wildman–Crippen MR) is 68.9 cm³/mol. The van der Waals surface area contributed by atoms with Crippen LogP contribution in [0.1, 0.15) is 10.6 Å². The van der Waals surface area contributed by atoms with E-state index in [1.54, 1.807) is 23.6 Å². The zero-order chi connectivity index (χ0) is 12.7. The largest absolute Gasteiger partial charge is 0.324 e. The number of halogens is 1. The molecule has 0 bridgehead atoms. The van der Waals surface area contributed by atoms with Crippen molar-refractivity contribution < 1.29 is 4.39 Å². The quantitative estimate of drug-likeness (QED) is 0.771. The summed E-state index contributed by atoms with van der Waals surface area (Å²) in [5, 5.41) is 5.14. The van der Waals surface area contributed by atoms with E-state index in [9.17, 15) is 4.39 Å². The van der Waals surface area contributed by atoms with Crippen LogP contribution in [0, 0.1) is 12.7 Å². The van der Waals surface area contributed by atoms with Crippen LogP contribution in [0.25, 0.3) is 16.2 Å². The molecule has 4 nitrogen and oxygen atoms in total. The highest BCUT2D eigenvalue weighted by Gasteiger charge is 2.09. The Morgan fingerprint density at radius 1 is 1.44 bits per heavy atom. The highest BCUT2D eigenvalue weighted by atomic mass is 32.1. The fourth-order valence-electron chi connectivity index (χ4n) is 1.77. The van der Waals surface area contributed by atoms with Gasteiger partial charge in [0.1, 0.15) is 10.8 Å². The first-order valence-electron chi connectivity index (χ1n) is 5.49. The van der Waals surface area contributed by atoms with E-state index in [0.717, 1.165) is 21.2 Å². The fraction of sp³-hybridized carbons (Fsp3) is 0.167. The molecule has 2 aromatic heterocycles. The first kappa shape index (κ1) is 11.3. The van der Waals surface area contributed by atoms with Gasteiger partial charge in [0.2, 0.25) is 4.96 Å². The van der Waals surface area contributed by atoms with Crippen LogP contribution in [0.4, 0.5) is 4.39 Å². The van der Waals surface area contributed by atoms with Crippen molar-refractivity contribution in [3.8, 4) is 11.3 Å². The maximum Gasteiger partial charge on any atom is 0.212 e. The second-order valence-corrected chi connectivity index (χ2v) is 5.06. The second kappa shape index (κ2) is 4.15. The number of imidazole rings is 1. The topological polar surface area (TPSA) is 56.2 Å². The van der Waals surface area contributed by atoms with Crippen LogP contribution in [0.3, 0.4) is 0 Å². The number of hydrogen-bond donors (Lipinski definition) is 1. The van der Waals surface area contributed by atoms with Crippen LogP contribution in [0.5, 0.6) is 0 Å². The highest BCUT2D eigenvalue weighted by molar-refractivity contribution is 7.16. The van der Waals surface area contributed by atoms with Gasteiger partial charge in [0.15, 0.2) is 0 Å².